The van der Waals surface area contributed by atoms with Gasteiger partial charge in [-0.3, -0.25) is 19.0 Å². The smallest absolute Gasteiger partial charge is 0.266 e. The molecule has 34 heavy (non-hydrogen) atoms. The zero-order chi connectivity index (χ0) is 24.6. The number of aryl methyl sites for hydroxylation is 3. The van der Waals surface area contributed by atoms with Gasteiger partial charge in [0.2, 0.25) is 5.91 Å². The number of aromatic nitrogens is 2. The van der Waals surface area contributed by atoms with E-state index in [0.717, 1.165) is 21.3 Å². The van der Waals surface area contributed by atoms with Gasteiger partial charge in [-0.2, -0.15) is 0 Å². The fraction of sp³-hybridized carbons (Fsp3) is 0.200. The van der Waals surface area contributed by atoms with Gasteiger partial charge in [-0.05, 0) is 69.2 Å². The summed E-state index contributed by atoms with van der Waals surface area (Å²) in [6, 6.07) is 12.2. The zero-order valence-electron chi connectivity index (χ0n) is 19.1. The first-order chi connectivity index (χ1) is 16.2. The van der Waals surface area contributed by atoms with Gasteiger partial charge in [-0.15, -0.1) is 11.3 Å². The number of hydrogen-bond donors (Lipinski definition) is 2. The summed E-state index contributed by atoms with van der Waals surface area (Å²) in [6.07, 6.45) is 1.36. The van der Waals surface area contributed by atoms with Crippen molar-refractivity contribution in [3.63, 3.8) is 0 Å². The number of hydrogen-bond acceptors (Lipinski definition) is 5. The minimum Gasteiger partial charge on any atom is -0.324 e. The van der Waals surface area contributed by atoms with E-state index in [4.69, 9.17) is 0 Å². The molecule has 2 aromatic carbocycles. The zero-order valence-corrected chi connectivity index (χ0v) is 21.5. The lowest BCUT2D eigenvalue weighted by Crippen LogP contribution is -2.31. The van der Waals surface area contributed by atoms with E-state index in [1.807, 2.05) is 44.2 Å². The number of fused-ring (bicyclic) bond motifs is 1. The van der Waals surface area contributed by atoms with Crippen molar-refractivity contribution in [2.24, 2.45) is 0 Å². The van der Waals surface area contributed by atoms with Gasteiger partial charge in [0, 0.05) is 15.8 Å². The average Bonchev–Trinajstić information content (AvgIpc) is 3.14. The van der Waals surface area contributed by atoms with E-state index in [-0.39, 0.29) is 17.4 Å². The molecule has 0 radical (unpaired) electrons. The SMILES string of the molecule is Cc1ccc(NC(=O)c2sc3ncn([C@H](C)C(=O)Nc4ccc(Br)cc4)c(=O)c3c2C)c(C)c1. The van der Waals surface area contributed by atoms with Crippen LogP contribution < -0.4 is 16.2 Å². The fourth-order valence-corrected chi connectivity index (χ4v) is 4.97. The molecule has 9 heteroatoms. The molecule has 0 aliphatic carbocycles. The third kappa shape index (κ3) is 4.67. The highest BCUT2D eigenvalue weighted by Gasteiger charge is 2.23. The summed E-state index contributed by atoms with van der Waals surface area (Å²) in [5.74, 6) is -0.634. The highest BCUT2D eigenvalue weighted by atomic mass is 79.9. The first kappa shape index (κ1) is 23.8. The summed E-state index contributed by atoms with van der Waals surface area (Å²) >= 11 is 4.53. The molecule has 174 valence electrons. The standard InChI is InChI=1S/C25H23BrN4O3S/c1-13-5-10-19(14(2)11-13)29-23(32)21-15(3)20-24(34-21)27-12-30(25(20)33)16(4)22(31)28-18-8-6-17(26)7-9-18/h5-12,16H,1-4H3,(H,28,31)(H,29,32)/t16-/m1/s1. The van der Waals surface area contributed by atoms with Crippen LogP contribution in [0.5, 0.6) is 0 Å². The van der Waals surface area contributed by atoms with E-state index in [1.54, 1.807) is 26.0 Å². The van der Waals surface area contributed by atoms with E-state index in [9.17, 15) is 14.4 Å². The van der Waals surface area contributed by atoms with Crippen LogP contribution in [0, 0.1) is 20.8 Å². The molecule has 0 aliphatic rings. The number of rotatable bonds is 5. The number of anilines is 2. The van der Waals surface area contributed by atoms with Crippen LogP contribution in [0.4, 0.5) is 11.4 Å². The van der Waals surface area contributed by atoms with Gasteiger partial charge in [0.1, 0.15) is 10.9 Å². The Morgan fingerprint density at radius 3 is 2.44 bits per heavy atom. The van der Waals surface area contributed by atoms with Crippen LogP contribution in [0.25, 0.3) is 10.2 Å². The lowest BCUT2D eigenvalue weighted by molar-refractivity contribution is -0.118. The van der Waals surface area contributed by atoms with E-state index in [0.29, 0.717) is 26.3 Å². The molecule has 0 fully saturated rings. The normalized spacial score (nSPS) is 11.9. The largest absolute Gasteiger partial charge is 0.324 e. The van der Waals surface area contributed by atoms with Gasteiger partial charge < -0.3 is 10.6 Å². The van der Waals surface area contributed by atoms with Gasteiger partial charge in [0.15, 0.2) is 0 Å². The predicted molar refractivity (Wildman–Crippen MR) is 140 cm³/mol. The Morgan fingerprint density at radius 2 is 1.76 bits per heavy atom. The number of nitrogens with one attached hydrogen (secondary N) is 2. The minimum absolute atomic E-state index is 0.292. The second kappa shape index (κ2) is 9.52. The van der Waals surface area contributed by atoms with E-state index >= 15 is 0 Å². The molecular formula is C25H23BrN4O3S. The van der Waals surface area contributed by atoms with Crippen LogP contribution in [-0.2, 0) is 4.79 Å². The fourth-order valence-electron chi connectivity index (χ4n) is 3.67. The van der Waals surface area contributed by atoms with Gasteiger partial charge in [0.05, 0.1) is 16.6 Å². The summed E-state index contributed by atoms with van der Waals surface area (Å²) in [5.41, 5.74) is 3.60. The molecule has 1 atom stereocenters. The van der Waals surface area contributed by atoms with Gasteiger partial charge in [-0.25, -0.2) is 4.98 Å². The molecule has 2 heterocycles. The summed E-state index contributed by atoms with van der Waals surface area (Å²) in [4.78, 5) is 44.3. The average molecular weight is 539 g/mol. The molecular weight excluding hydrogens is 516 g/mol. The third-order valence-corrected chi connectivity index (χ3v) is 7.35. The maximum absolute atomic E-state index is 13.3. The van der Waals surface area contributed by atoms with Crippen molar-refractivity contribution >= 4 is 60.7 Å². The number of halogens is 1. The van der Waals surface area contributed by atoms with Crippen LogP contribution in [0.1, 0.15) is 39.3 Å². The van der Waals surface area contributed by atoms with Crippen LogP contribution in [0.15, 0.2) is 58.1 Å². The Balaban J connectivity index is 1.62. The van der Waals surface area contributed by atoms with Gasteiger partial charge in [-0.1, -0.05) is 33.6 Å². The molecule has 0 unspecified atom stereocenters. The number of benzene rings is 2. The molecule has 2 amide bonds. The van der Waals surface area contributed by atoms with Crippen molar-refractivity contribution in [3.8, 4) is 0 Å². The van der Waals surface area contributed by atoms with Crippen molar-refractivity contribution in [2.45, 2.75) is 33.7 Å². The van der Waals surface area contributed by atoms with Crippen LogP contribution in [0.3, 0.4) is 0 Å². The monoisotopic (exact) mass is 538 g/mol. The molecule has 4 aromatic rings. The number of carbonyl (C=O) groups excluding carboxylic acids is 2. The van der Waals surface area contributed by atoms with Crippen molar-refractivity contribution in [1.82, 2.24) is 9.55 Å². The Kier molecular flexibility index (Phi) is 6.67. The molecule has 0 spiro atoms. The maximum atomic E-state index is 13.3. The van der Waals surface area contributed by atoms with Gasteiger partial charge >= 0.3 is 0 Å². The Morgan fingerprint density at radius 1 is 1.06 bits per heavy atom. The van der Waals surface area contributed by atoms with Crippen molar-refractivity contribution in [2.75, 3.05) is 10.6 Å². The van der Waals surface area contributed by atoms with Crippen LogP contribution in [-0.4, -0.2) is 21.4 Å². The Bertz CT molecular complexity index is 1470. The van der Waals surface area contributed by atoms with Gasteiger partial charge in [0.25, 0.3) is 11.5 Å². The molecule has 4 rings (SSSR count). The van der Waals surface area contributed by atoms with E-state index in [1.165, 1.54) is 22.2 Å². The number of carbonyl (C=O) groups is 2. The molecule has 0 saturated heterocycles. The molecule has 0 aliphatic heterocycles. The quantitative estimate of drug-likeness (QED) is 0.346. The molecule has 7 nitrogen and oxygen atoms in total. The van der Waals surface area contributed by atoms with Crippen molar-refractivity contribution in [3.05, 3.63) is 85.2 Å². The predicted octanol–water partition coefficient (Wildman–Crippen LogP) is 5.60. The Hall–Kier alpha value is -3.30. The number of thiophene rings is 1. The maximum Gasteiger partial charge on any atom is 0.266 e. The van der Waals surface area contributed by atoms with Crippen molar-refractivity contribution < 1.29 is 9.59 Å². The summed E-state index contributed by atoms with van der Waals surface area (Å²) < 4.78 is 2.19. The first-order valence-corrected chi connectivity index (χ1v) is 12.2. The van der Waals surface area contributed by atoms with E-state index < -0.39 is 6.04 Å². The lowest BCUT2D eigenvalue weighted by Gasteiger charge is -2.15. The molecule has 2 aromatic heterocycles. The number of nitrogens with zero attached hydrogens (tertiary/aromatic N) is 2. The lowest BCUT2D eigenvalue weighted by atomic mass is 10.1. The first-order valence-electron chi connectivity index (χ1n) is 10.6. The van der Waals surface area contributed by atoms with Crippen LogP contribution in [0.2, 0.25) is 0 Å². The topological polar surface area (TPSA) is 93.1 Å². The number of amides is 2. The summed E-state index contributed by atoms with van der Waals surface area (Å²) in [5, 5.41) is 6.09. The Labute approximate surface area is 209 Å². The minimum atomic E-state index is -0.792. The summed E-state index contributed by atoms with van der Waals surface area (Å²) in [7, 11) is 0. The molecule has 0 saturated carbocycles. The third-order valence-electron chi connectivity index (χ3n) is 5.62. The summed E-state index contributed by atoms with van der Waals surface area (Å²) in [6.45, 7) is 7.29. The second-order valence-corrected chi connectivity index (χ2v) is 10.1. The molecule has 0 bridgehead atoms. The van der Waals surface area contributed by atoms with Crippen LogP contribution >= 0.6 is 27.3 Å². The highest BCUT2D eigenvalue weighted by molar-refractivity contribution is 9.10. The highest BCUT2D eigenvalue weighted by Crippen LogP contribution is 2.29. The molecule has 2 N–H and O–H groups in total. The van der Waals surface area contributed by atoms with E-state index in [2.05, 4.69) is 31.5 Å². The van der Waals surface area contributed by atoms with Crippen molar-refractivity contribution in [1.29, 1.82) is 0 Å². The second-order valence-electron chi connectivity index (χ2n) is 8.14.